The Morgan fingerprint density at radius 1 is 1.00 bits per heavy atom. The van der Waals surface area contributed by atoms with Crippen LogP contribution < -0.4 is 9.47 Å². The molecule has 0 aromatic heterocycles. The van der Waals surface area contributed by atoms with Gasteiger partial charge in [0.25, 0.3) is 5.91 Å². The number of carbonyl (C=O) groups excluding carboxylic acids is 1. The normalized spacial score (nSPS) is 15.3. The Kier molecular flexibility index (Phi) is 7.02. The van der Waals surface area contributed by atoms with Crippen molar-refractivity contribution >= 4 is 15.7 Å². The number of sulfone groups is 1. The number of benzene rings is 2. The number of hydrogen-bond donors (Lipinski definition) is 0. The summed E-state index contributed by atoms with van der Waals surface area (Å²) in [6, 6.07) is 14.2. The molecular formula is C23H29NO5S. The van der Waals surface area contributed by atoms with Gasteiger partial charge in [-0.2, -0.15) is 0 Å². The fourth-order valence-corrected chi connectivity index (χ4v) is 5.29. The van der Waals surface area contributed by atoms with Crippen molar-refractivity contribution in [1.29, 1.82) is 0 Å². The molecule has 0 N–H and O–H groups in total. The van der Waals surface area contributed by atoms with Gasteiger partial charge in [-0.15, -0.1) is 0 Å². The molecule has 1 aliphatic heterocycles. The summed E-state index contributed by atoms with van der Waals surface area (Å²) < 4.78 is 36.5. The monoisotopic (exact) mass is 431 g/mol. The zero-order valence-corrected chi connectivity index (χ0v) is 18.5. The van der Waals surface area contributed by atoms with Crippen molar-refractivity contribution in [3.05, 3.63) is 54.1 Å². The maximum atomic E-state index is 12.9. The first-order chi connectivity index (χ1) is 14.3. The molecule has 1 aliphatic rings. The number of hydrogen-bond acceptors (Lipinski definition) is 5. The topological polar surface area (TPSA) is 72.9 Å². The van der Waals surface area contributed by atoms with Crippen LogP contribution in [0, 0.1) is 0 Å². The number of amides is 1. The fraction of sp³-hybridized carbons (Fsp3) is 0.435. The van der Waals surface area contributed by atoms with Crippen molar-refractivity contribution in [2.45, 2.75) is 42.8 Å². The quantitative estimate of drug-likeness (QED) is 0.669. The Labute approximate surface area is 178 Å². The Bertz CT molecular complexity index is 944. The van der Waals surface area contributed by atoms with Gasteiger partial charge in [-0.25, -0.2) is 8.42 Å². The fourth-order valence-electron chi connectivity index (χ4n) is 3.56. The van der Waals surface area contributed by atoms with Gasteiger partial charge in [-0.1, -0.05) is 26.0 Å². The van der Waals surface area contributed by atoms with Gasteiger partial charge in [-0.05, 0) is 60.7 Å². The minimum Gasteiger partial charge on any atom is -0.497 e. The van der Waals surface area contributed by atoms with Crippen LogP contribution in [-0.4, -0.2) is 51.3 Å². The van der Waals surface area contributed by atoms with Gasteiger partial charge in [0.05, 0.1) is 17.3 Å². The van der Waals surface area contributed by atoms with Gasteiger partial charge in [0.1, 0.15) is 11.5 Å². The van der Waals surface area contributed by atoms with E-state index in [1.807, 2.05) is 24.3 Å². The molecule has 0 unspecified atom stereocenters. The molecule has 6 nitrogen and oxygen atoms in total. The van der Waals surface area contributed by atoms with Crippen molar-refractivity contribution < 1.29 is 22.7 Å². The van der Waals surface area contributed by atoms with E-state index in [4.69, 9.17) is 9.47 Å². The van der Waals surface area contributed by atoms with Gasteiger partial charge in [0.15, 0.2) is 16.4 Å². The van der Waals surface area contributed by atoms with Crippen molar-refractivity contribution in [3.63, 3.8) is 0 Å². The summed E-state index contributed by atoms with van der Waals surface area (Å²) in [6.07, 6.45) is 0.840. The van der Waals surface area contributed by atoms with Crippen molar-refractivity contribution in [2.24, 2.45) is 0 Å². The molecule has 0 bridgehead atoms. The lowest BCUT2D eigenvalue weighted by molar-refractivity contribution is -0.134. The maximum absolute atomic E-state index is 12.9. The molecule has 3 rings (SSSR count). The summed E-state index contributed by atoms with van der Waals surface area (Å²) in [5.41, 5.74) is 1.22. The number of likely N-dealkylation sites (tertiary alicyclic amines) is 1. The summed E-state index contributed by atoms with van der Waals surface area (Å²) in [6.45, 7) is 5.02. The number of ether oxygens (including phenoxy) is 2. The third-order valence-electron chi connectivity index (χ3n) is 5.53. The molecule has 0 aliphatic carbocycles. The third-order valence-corrected chi connectivity index (χ3v) is 7.81. The molecular weight excluding hydrogens is 402 g/mol. The van der Waals surface area contributed by atoms with Crippen molar-refractivity contribution in [2.75, 3.05) is 26.8 Å². The van der Waals surface area contributed by atoms with Crippen LogP contribution >= 0.6 is 0 Å². The standard InChI is InChI=1S/C23H29NO5S/c1-17(2)18-4-6-20(7-5-18)29-16-23(25)24-14-12-22(13-15-24)30(26,27)21-10-8-19(28-3)9-11-21/h4-11,17,22H,12-16H2,1-3H3. The second-order valence-electron chi connectivity index (χ2n) is 7.81. The van der Waals surface area contributed by atoms with E-state index >= 15 is 0 Å². The molecule has 2 aromatic rings. The summed E-state index contributed by atoms with van der Waals surface area (Å²) in [4.78, 5) is 14.5. The Balaban J connectivity index is 1.52. The second-order valence-corrected chi connectivity index (χ2v) is 10.0. The minimum atomic E-state index is -3.43. The minimum absolute atomic E-state index is 0.0447. The molecule has 0 radical (unpaired) electrons. The number of piperidine rings is 1. The molecule has 7 heteroatoms. The van der Waals surface area contributed by atoms with Crippen LogP contribution in [0.4, 0.5) is 0 Å². The Morgan fingerprint density at radius 3 is 2.10 bits per heavy atom. The third kappa shape index (κ3) is 5.14. The number of rotatable bonds is 7. The van der Waals surface area contributed by atoms with E-state index in [0.29, 0.717) is 48.2 Å². The van der Waals surface area contributed by atoms with Gasteiger partial charge >= 0.3 is 0 Å². The van der Waals surface area contributed by atoms with E-state index in [2.05, 4.69) is 13.8 Å². The summed E-state index contributed by atoms with van der Waals surface area (Å²) in [5.74, 6) is 1.59. The SMILES string of the molecule is COc1ccc(S(=O)(=O)C2CCN(C(=O)COc3ccc(C(C)C)cc3)CC2)cc1. The smallest absolute Gasteiger partial charge is 0.260 e. The van der Waals surface area contributed by atoms with Crippen molar-refractivity contribution in [3.8, 4) is 11.5 Å². The molecule has 0 spiro atoms. The lowest BCUT2D eigenvalue weighted by Crippen LogP contribution is -2.44. The van der Waals surface area contributed by atoms with E-state index in [0.717, 1.165) is 0 Å². The van der Waals surface area contributed by atoms with Crippen LogP contribution in [0.25, 0.3) is 0 Å². The molecule has 2 aromatic carbocycles. The molecule has 1 fully saturated rings. The Morgan fingerprint density at radius 2 is 1.57 bits per heavy atom. The van der Waals surface area contributed by atoms with Crippen molar-refractivity contribution in [1.82, 2.24) is 4.90 Å². The number of methoxy groups -OCH3 is 1. The van der Waals surface area contributed by atoms with Gasteiger partial charge in [0.2, 0.25) is 0 Å². The van der Waals surface area contributed by atoms with E-state index in [1.54, 1.807) is 36.3 Å². The van der Waals surface area contributed by atoms with Crippen LogP contribution in [0.2, 0.25) is 0 Å². The van der Waals surface area contributed by atoms with Crippen LogP contribution in [0.1, 0.15) is 38.2 Å². The highest BCUT2D eigenvalue weighted by molar-refractivity contribution is 7.92. The first-order valence-corrected chi connectivity index (χ1v) is 11.7. The second kappa shape index (κ2) is 9.51. The molecule has 1 saturated heterocycles. The Hall–Kier alpha value is -2.54. The van der Waals surface area contributed by atoms with Crippen LogP contribution in [-0.2, 0) is 14.6 Å². The highest BCUT2D eigenvalue weighted by Crippen LogP contribution is 2.26. The zero-order chi connectivity index (χ0) is 21.7. The predicted molar refractivity (Wildman–Crippen MR) is 116 cm³/mol. The molecule has 0 saturated carbocycles. The summed E-state index contributed by atoms with van der Waals surface area (Å²) in [7, 11) is -1.89. The average Bonchev–Trinajstić information content (AvgIpc) is 2.77. The average molecular weight is 432 g/mol. The number of carbonyl (C=O) groups is 1. The van der Waals surface area contributed by atoms with E-state index in [-0.39, 0.29) is 12.5 Å². The summed E-state index contributed by atoms with van der Waals surface area (Å²) in [5, 5.41) is -0.487. The summed E-state index contributed by atoms with van der Waals surface area (Å²) >= 11 is 0. The van der Waals surface area contributed by atoms with Crippen LogP contribution in [0.15, 0.2) is 53.4 Å². The molecule has 162 valence electrons. The highest BCUT2D eigenvalue weighted by Gasteiger charge is 2.32. The van der Waals surface area contributed by atoms with Gasteiger partial charge in [-0.3, -0.25) is 4.79 Å². The predicted octanol–water partition coefficient (Wildman–Crippen LogP) is 3.66. The first kappa shape index (κ1) is 22.2. The lowest BCUT2D eigenvalue weighted by atomic mass is 10.0. The number of nitrogens with zero attached hydrogens (tertiary/aromatic N) is 1. The van der Waals surface area contributed by atoms with E-state index < -0.39 is 15.1 Å². The maximum Gasteiger partial charge on any atom is 0.260 e. The van der Waals surface area contributed by atoms with Crippen LogP contribution in [0.5, 0.6) is 11.5 Å². The first-order valence-electron chi connectivity index (χ1n) is 10.2. The molecule has 1 heterocycles. The van der Waals surface area contributed by atoms with E-state index in [9.17, 15) is 13.2 Å². The highest BCUT2D eigenvalue weighted by atomic mass is 32.2. The van der Waals surface area contributed by atoms with E-state index in [1.165, 1.54) is 5.56 Å². The lowest BCUT2D eigenvalue weighted by Gasteiger charge is -2.31. The van der Waals surface area contributed by atoms with Gasteiger partial charge in [0, 0.05) is 13.1 Å². The zero-order valence-electron chi connectivity index (χ0n) is 17.7. The molecule has 30 heavy (non-hydrogen) atoms. The molecule has 0 atom stereocenters. The molecule has 1 amide bonds. The van der Waals surface area contributed by atoms with Gasteiger partial charge < -0.3 is 14.4 Å². The van der Waals surface area contributed by atoms with Crippen LogP contribution in [0.3, 0.4) is 0 Å². The largest absolute Gasteiger partial charge is 0.497 e.